The third-order valence-electron chi connectivity index (χ3n) is 7.49. The average molecular weight is 355 g/mol. The molecule has 0 saturated heterocycles. The second-order valence-electron chi connectivity index (χ2n) is 9.26. The summed E-state index contributed by atoms with van der Waals surface area (Å²) in [6.45, 7) is 12.1. The van der Waals surface area contributed by atoms with Crippen LogP contribution in [0.3, 0.4) is 0 Å². The lowest BCUT2D eigenvalue weighted by Crippen LogP contribution is -2.45. The van der Waals surface area contributed by atoms with Gasteiger partial charge in [-0.1, -0.05) is 128 Å². The summed E-state index contributed by atoms with van der Waals surface area (Å²) >= 11 is 0. The summed E-state index contributed by atoms with van der Waals surface area (Å²) in [6, 6.07) is 0. The molecule has 0 nitrogen and oxygen atoms in total. The van der Waals surface area contributed by atoms with Crippen LogP contribution in [0.1, 0.15) is 86.0 Å². The molecule has 0 aliphatic heterocycles. The highest BCUT2D eigenvalue weighted by atomic mass is 14.5. The van der Waals surface area contributed by atoms with Gasteiger partial charge in [0, 0.05) is 0 Å². The van der Waals surface area contributed by atoms with Gasteiger partial charge in [0.2, 0.25) is 0 Å². The Kier molecular flexibility index (Phi) is 7.99. The Hall–Kier alpha value is -1.04. The van der Waals surface area contributed by atoms with Gasteiger partial charge in [-0.15, -0.1) is 0 Å². The molecular formula is C26H42. The number of rotatable bonds is 10. The van der Waals surface area contributed by atoms with E-state index in [9.17, 15) is 0 Å². The van der Waals surface area contributed by atoms with Crippen LogP contribution in [-0.2, 0) is 0 Å². The predicted molar refractivity (Wildman–Crippen MR) is 117 cm³/mol. The van der Waals surface area contributed by atoms with Crippen molar-refractivity contribution >= 4 is 0 Å². The molecule has 2 aliphatic carbocycles. The van der Waals surface area contributed by atoms with Crippen molar-refractivity contribution in [2.75, 3.05) is 0 Å². The average Bonchev–Trinajstić information content (AvgIpc) is 2.62. The largest absolute Gasteiger partial charge is 0.0808 e. The highest BCUT2D eigenvalue weighted by Crippen LogP contribution is 2.55. The van der Waals surface area contributed by atoms with Crippen molar-refractivity contribution in [2.45, 2.75) is 86.0 Å². The van der Waals surface area contributed by atoms with Gasteiger partial charge in [0.05, 0.1) is 0 Å². The normalized spacial score (nSPS) is 34.3. The summed E-state index contributed by atoms with van der Waals surface area (Å²) in [7, 11) is 0. The molecule has 0 bridgehead atoms. The third kappa shape index (κ3) is 4.81. The molecule has 26 heavy (non-hydrogen) atoms. The molecule has 0 heteroatoms. The Morgan fingerprint density at radius 1 is 0.692 bits per heavy atom. The molecule has 0 aromatic heterocycles. The Bertz CT molecular complexity index is 494. The zero-order valence-corrected chi connectivity index (χ0v) is 18.0. The van der Waals surface area contributed by atoms with Crippen LogP contribution < -0.4 is 0 Å². The van der Waals surface area contributed by atoms with Crippen LogP contribution in [0, 0.1) is 28.6 Å². The first-order chi connectivity index (χ1) is 12.4. The van der Waals surface area contributed by atoms with Crippen LogP contribution in [0.2, 0.25) is 0 Å². The molecule has 0 fully saturated rings. The highest BCUT2D eigenvalue weighted by molar-refractivity contribution is 5.26. The highest BCUT2D eigenvalue weighted by Gasteiger charge is 2.47. The van der Waals surface area contributed by atoms with Crippen molar-refractivity contribution in [2.24, 2.45) is 28.6 Å². The fraction of sp³-hybridized carbons (Fsp3) is 0.692. The summed E-state index contributed by atoms with van der Waals surface area (Å²) in [5, 5.41) is 0. The molecule has 0 heterocycles. The van der Waals surface area contributed by atoms with E-state index in [1.54, 1.807) is 0 Å². The summed E-state index contributed by atoms with van der Waals surface area (Å²) < 4.78 is 0. The number of hydrogen-bond donors (Lipinski definition) is 0. The van der Waals surface area contributed by atoms with E-state index in [0.717, 1.165) is 0 Å². The smallest absolute Gasteiger partial charge is 0.00466 e. The van der Waals surface area contributed by atoms with Gasteiger partial charge in [0.25, 0.3) is 0 Å². The third-order valence-corrected chi connectivity index (χ3v) is 7.49. The van der Waals surface area contributed by atoms with Crippen molar-refractivity contribution < 1.29 is 0 Å². The standard InChI is InChI=1S/C26H42/c1-6-7-8-9-10-11-12-19-24(25(4)20-15-13-17-22(25)2)26(5)21-16-14-18-23(26)3/h13-18,20-24H,6-12,19H2,1-5H3. The van der Waals surface area contributed by atoms with Crippen molar-refractivity contribution in [3.05, 3.63) is 48.6 Å². The molecule has 0 aromatic rings. The van der Waals surface area contributed by atoms with Crippen molar-refractivity contribution in [1.82, 2.24) is 0 Å². The lowest BCUT2D eigenvalue weighted by Gasteiger charge is -2.51. The molecule has 0 saturated carbocycles. The van der Waals surface area contributed by atoms with Gasteiger partial charge >= 0.3 is 0 Å². The second kappa shape index (κ2) is 9.77. The Morgan fingerprint density at radius 3 is 1.62 bits per heavy atom. The van der Waals surface area contributed by atoms with Crippen LogP contribution in [-0.4, -0.2) is 0 Å². The van der Waals surface area contributed by atoms with Crippen LogP contribution in [0.25, 0.3) is 0 Å². The number of hydrogen-bond acceptors (Lipinski definition) is 0. The lowest BCUT2D eigenvalue weighted by molar-refractivity contribution is 0.0509. The molecule has 4 atom stereocenters. The van der Waals surface area contributed by atoms with Crippen molar-refractivity contribution in [3.63, 3.8) is 0 Å². The maximum Gasteiger partial charge on any atom is -0.00466 e. The van der Waals surface area contributed by atoms with E-state index >= 15 is 0 Å². The first-order valence-electron chi connectivity index (χ1n) is 11.2. The summed E-state index contributed by atoms with van der Waals surface area (Å²) in [4.78, 5) is 0. The van der Waals surface area contributed by atoms with Gasteiger partial charge in [-0.2, -0.15) is 0 Å². The van der Waals surface area contributed by atoms with Crippen molar-refractivity contribution in [1.29, 1.82) is 0 Å². The fourth-order valence-electron chi connectivity index (χ4n) is 5.17. The second-order valence-corrected chi connectivity index (χ2v) is 9.26. The van der Waals surface area contributed by atoms with Crippen LogP contribution in [0.4, 0.5) is 0 Å². The predicted octanol–water partition coefficient (Wildman–Crippen LogP) is 8.28. The molecule has 0 N–H and O–H groups in total. The molecule has 146 valence electrons. The van der Waals surface area contributed by atoms with E-state index in [4.69, 9.17) is 0 Å². The zero-order chi connectivity index (χ0) is 19.0. The Balaban J connectivity index is 2.08. The summed E-state index contributed by atoms with van der Waals surface area (Å²) in [6.07, 6.45) is 30.0. The van der Waals surface area contributed by atoms with E-state index < -0.39 is 0 Å². The van der Waals surface area contributed by atoms with Gasteiger partial charge in [-0.05, 0) is 35.0 Å². The molecule has 0 amide bonds. The first-order valence-corrected chi connectivity index (χ1v) is 11.2. The summed E-state index contributed by atoms with van der Waals surface area (Å²) in [5.74, 6) is 1.88. The Morgan fingerprint density at radius 2 is 1.15 bits per heavy atom. The SMILES string of the molecule is CCCCCCCCCC(C1(C)C=CC=CC1C)C1(C)C=CC=CC1C. The van der Waals surface area contributed by atoms with Gasteiger partial charge < -0.3 is 0 Å². The van der Waals surface area contributed by atoms with Gasteiger partial charge in [-0.25, -0.2) is 0 Å². The van der Waals surface area contributed by atoms with E-state index in [1.165, 1.54) is 51.4 Å². The lowest BCUT2D eigenvalue weighted by atomic mass is 9.52. The minimum absolute atomic E-state index is 0.246. The molecule has 2 rings (SSSR count). The maximum absolute atomic E-state index is 2.51. The molecular weight excluding hydrogens is 312 g/mol. The first kappa shape index (κ1) is 21.3. The number of unbranched alkanes of at least 4 members (excludes halogenated alkanes) is 6. The maximum atomic E-state index is 2.51. The Labute approximate surface area is 163 Å². The van der Waals surface area contributed by atoms with Crippen molar-refractivity contribution in [3.8, 4) is 0 Å². The van der Waals surface area contributed by atoms with Crippen LogP contribution >= 0.6 is 0 Å². The molecule has 4 unspecified atom stereocenters. The minimum Gasteiger partial charge on any atom is -0.0808 e. The fourth-order valence-corrected chi connectivity index (χ4v) is 5.17. The molecule has 2 aliphatic rings. The topological polar surface area (TPSA) is 0 Å². The van der Waals surface area contributed by atoms with Gasteiger partial charge in [-0.3, -0.25) is 0 Å². The molecule has 0 spiro atoms. The zero-order valence-electron chi connectivity index (χ0n) is 18.0. The number of allylic oxidation sites excluding steroid dienone is 8. The quantitative estimate of drug-likeness (QED) is 0.346. The van der Waals surface area contributed by atoms with Crippen LogP contribution in [0.15, 0.2) is 48.6 Å². The minimum atomic E-state index is 0.246. The molecule has 0 aromatic carbocycles. The monoisotopic (exact) mass is 354 g/mol. The van der Waals surface area contributed by atoms with Gasteiger partial charge in [0.1, 0.15) is 0 Å². The van der Waals surface area contributed by atoms with Crippen LogP contribution in [0.5, 0.6) is 0 Å². The summed E-state index contributed by atoms with van der Waals surface area (Å²) in [5.41, 5.74) is 0.491. The van der Waals surface area contributed by atoms with E-state index in [0.29, 0.717) is 17.8 Å². The van der Waals surface area contributed by atoms with E-state index in [1.807, 2.05) is 0 Å². The van der Waals surface area contributed by atoms with Gasteiger partial charge in [0.15, 0.2) is 0 Å². The molecule has 0 radical (unpaired) electrons. The van der Waals surface area contributed by atoms with E-state index in [-0.39, 0.29) is 10.8 Å². The van der Waals surface area contributed by atoms with E-state index in [2.05, 4.69) is 83.2 Å².